The van der Waals surface area contributed by atoms with Crippen LogP contribution in [-0.4, -0.2) is 31.3 Å². The van der Waals surface area contributed by atoms with Gasteiger partial charge in [-0.3, -0.25) is 19.3 Å². The number of nitro benzene ring substituents is 1. The zero-order valence-corrected chi connectivity index (χ0v) is 13.7. The number of nitrogens with two attached hydrogens (primary N) is 1. The van der Waals surface area contributed by atoms with Gasteiger partial charge in [-0.2, -0.15) is 4.39 Å². The van der Waals surface area contributed by atoms with Crippen molar-refractivity contribution in [3.63, 3.8) is 0 Å². The van der Waals surface area contributed by atoms with Crippen molar-refractivity contribution in [2.75, 3.05) is 5.75 Å². The van der Waals surface area contributed by atoms with Crippen molar-refractivity contribution in [3.05, 3.63) is 39.4 Å². The van der Waals surface area contributed by atoms with E-state index >= 15 is 0 Å². The SMILES string of the molecule is C=S1(=O)C[C@@](C)(c2c(F)ccc([N+](=O)[O-])c2F)N=C(N)C1(C)C. The number of amidine groups is 1. The molecular formula is C14H17F2N3O3S. The molecule has 0 fully saturated rings. The van der Waals surface area contributed by atoms with Crippen molar-refractivity contribution in [3.8, 4) is 0 Å². The molecule has 1 aromatic carbocycles. The second kappa shape index (κ2) is 4.98. The van der Waals surface area contributed by atoms with E-state index < -0.39 is 47.6 Å². The standard InChI is InChI=1S/C14H17F2N3O3S/c1-13(2)12(17)18-14(3,7-23(13,4)22)10-8(15)5-6-9(11(10)16)19(20)21/h5-6H,4,7H2,1-3H3,(H2,17,18)/t14-,23?/m0/s1. The molecule has 0 aliphatic carbocycles. The molecule has 1 aliphatic heterocycles. The first-order valence-corrected chi connectivity index (χ1v) is 8.56. The van der Waals surface area contributed by atoms with Gasteiger partial charge in [0, 0.05) is 11.8 Å². The van der Waals surface area contributed by atoms with Crippen molar-refractivity contribution in [1.29, 1.82) is 0 Å². The Hall–Kier alpha value is -2.03. The largest absolute Gasteiger partial charge is 0.386 e. The molecule has 2 N–H and O–H groups in total. The Morgan fingerprint density at radius 1 is 1.39 bits per heavy atom. The number of hydrogen-bond donors (Lipinski definition) is 1. The lowest BCUT2D eigenvalue weighted by Crippen LogP contribution is -2.55. The van der Waals surface area contributed by atoms with Crippen molar-refractivity contribution in [2.45, 2.75) is 31.1 Å². The molecule has 1 unspecified atom stereocenters. The molecule has 0 bridgehead atoms. The summed E-state index contributed by atoms with van der Waals surface area (Å²) in [4.78, 5) is 14.1. The van der Waals surface area contributed by atoms with Gasteiger partial charge in [-0.1, -0.05) is 0 Å². The van der Waals surface area contributed by atoms with E-state index in [4.69, 9.17) is 5.73 Å². The Kier molecular flexibility index (Phi) is 3.75. The van der Waals surface area contributed by atoms with Crippen LogP contribution in [-0.2, 0) is 15.1 Å². The zero-order valence-electron chi connectivity index (χ0n) is 12.9. The summed E-state index contributed by atoms with van der Waals surface area (Å²) in [5.74, 6) is 0.969. The highest BCUT2D eigenvalue weighted by Crippen LogP contribution is 2.40. The van der Waals surface area contributed by atoms with Crippen LogP contribution < -0.4 is 5.73 Å². The first-order chi connectivity index (χ1) is 10.3. The lowest BCUT2D eigenvalue weighted by atomic mass is 9.92. The number of benzene rings is 1. The first-order valence-electron chi connectivity index (χ1n) is 6.66. The molecule has 6 nitrogen and oxygen atoms in total. The van der Waals surface area contributed by atoms with Crippen molar-refractivity contribution >= 4 is 26.9 Å². The monoisotopic (exact) mass is 345 g/mol. The molecule has 1 aliphatic rings. The molecule has 2 rings (SSSR count). The Morgan fingerprint density at radius 2 is 1.96 bits per heavy atom. The van der Waals surface area contributed by atoms with E-state index in [-0.39, 0.29) is 11.6 Å². The van der Waals surface area contributed by atoms with Gasteiger partial charge in [-0.15, -0.1) is 0 Å². The second-order valence-electron chi connectivity index (χ2n) is 6.25. The number of rotatable bonds is 2. The predicted octanol–water partition coefficient (Wildman–Crippen LogP) is 1.95. The van der Waals surface area contributed by atoms with E-state index in [9.17, 15) is 23.1 Å². The Balaban J connectivity index is 2.79. The third-order valence-corrected chi connectivity index (χ3v) is 7.33. The quantitative estimate of drug-likeness (QED) is 0.503. The molecule has 23 heavy (non-hydrogen) atoms. The summed E-state index contributed by atoms with van der Waals surface area (Å²) in [6.45, 7) is 4.51. The van der Waals surface area contributed by atoms with Crippen LogP contribution in [0.5, 0.6) is 0 Å². The van der Waals surface area contributed by atoms with Crippen molar-refractivity contribution in [2.24, 2.45) is 10.7 Å². The lowest BCUT2D eigenvalue weighted by Gasteiger charge is -2.41. The van der Waals surface area contributed by atoms with Crippen LogP contribution in [0.4, 0.5) is 14.5 Å². The van der Waals surface area contributed by atoms with E-state index in [0.29, 0.717) is 0 Å². The highest BCUT2D eigenvalue weighted by atomic mass is 32.2. The fourth-order valence-electron chi connectivity index (χ4n) is 2.56. The van der Waals surface area contributed by atoms with Gasteiger partial charge >= 0.3 is 5.69 Å². The predicted molar refractivity (Wildman–Crippen MR) is 86.2 cm³/mol. The summed E-state index contributed by atoms with van der Waals surface area (Å²) in [7, 11) is -2.89. The van der Waals surface area contributed by atoms with Crippen molar-refractivity contribution in [1.82, 2.24) is 0 Å². The average Bonchev–Trinajstić information content (AvgIpc) is 2.35. The second-order valence-corrected chi connectivity index (χ2v) is 9.18. The number of hydrogen-bond acceptors (Lipinski definition) is 5. The molecule has 9 heteroatoms. The fourth-order valence-corrected chi connectivity index (χ4v) is 4.47. The first kappa shape index (κ1) is 17.3. The smallest absolute Gasteiger partial charge is 0.305 e. The number of halogens is 2. The minimum Gasteiger partial charge on any atom is -0.386 e. The average molecular weight is 345 g/mol. The van der Waals surface area contributed by atoms with Gasteiger partial charge in [0.25, 0.3) is 0 Å². The van der Waals surface area contributed by atoms with E-state index in [1.807, 2.05) is 0 Å². The van der Waals surface area contributed by atoms with E-state index in [2.05, 4.69) is 10.9 Å². The normalized spacial score (nSPS) is 29.9. The molecular weight excluding hydrogens is 328 g/mol. The molecule has 126 valence electrons. The number of nitro groups is 1. The molecule has 0 amide bonds. The van der Waals surface area contributed by atoms with Crippen LogP contribution in [0.15, 0.2) is 17.1 Å². The van der Waals surface area contributed by atoms with Crippen LogP contribution >= 0.6 is 0 Å². The third-order valence-electron chi connectivity index (χ3n) is 4.23. The fraction of sp³-hybridized carbons (Fsp3) is 0.429. The van der Waals surface area contributed by atoms with Crippen LogP contribution in [0.3, 0.4) is 0 Å². The van der Waals surface area contributed by atoms with Gasteiger partial charge in [-0.05, 0) is 42.2 Å². The minimum absolute atomic E-state index is 0.0587. The maximum absolute atomic E-state index is 14.5. The Morgan fingerprint density at radius 3 is 2.43 bits per heavy atom. The molecule has 1 heterocycles. The molecule has 0 spiro atoms. The zero-order chi connectivity index (χ0) is 17.8. The molecule has 1 aromatic rings. The minimum atomic E-state index is -2.89. The molecule has 2 atom stereocenters. The summed E-state index contributed by atoms with van der Waals surface area (Å²) in [6.07, 6.45) is 0. The van der Waals surface area contributed by atoms with Gasteiger partial charge in [0.15, 0.2) is 0 Å². The highest BCUT2D eigenvalue weighted by molar-refractivity contribution is 8.02. The number of aliphatic imine (C=N–C) groups is 1. The van der Waals surface area contributed by atoms with Gasteiger partial charge < -0.3 is 5.73 Å². The summed E-state index contributed by atoms with van der Waals surface area (Å²) in [5.41, 5.74) is 2.71. The third kappa shape index (κ3) is 2.48. The molecule has 0 aromatic heterocycles. The van der Waals surface area contributed by atoms with E-state index in [1.54, 1.807) is 13.8 Å². The van der Waals surface area contributed by atoms with Crippen LogP contribution in [0.2, 0.25) is 0 Å². The summed E-state index contributed by atoms with van der Waals surface area (Å²) < 4.78 is 40.5. The number of nitrogens with zero attached hydrogens (tertiary/aromatic N) is 2. The summed E-state index contributed by atoms with van der Waals surface area (Å²) in [6, 6.07) is 1.52. The topological polar surface area (TPSA) is 98.6 Å². The van der Waals surface area contributed by atoms with Gasteiger partial charge in [-0.25, -0.2) is 4.39 Å². The summed E-state index contributed by atoms with van der Waals surface area (Å²) in [5, 5.41) is 10.9. The van der Waals surface area contributed by atoms with Crippen LogP contribution in [0, 0.1) is 21.7 Å². The highest BCUT2D eigenvalue weighted by Gasteiger charge is 2.47. The lowest BCUT2D eigenvalue weighted by molar-refractivity contribution is -0.387. The molecule has 0 saturated heterocycles. The van der Waals surface area contributed by atoms with E-state index in [0.717, 1.165) is 12.1 Å². The van der Waals surface area contributed by atoms with Gasteiger partial charge in [0.05, 0.1) is 15.2 Å². The maximum Gasteiger partial charge on any atom is 0.305 e. The Bertz CT molecular complexity index is 834. The van der Waals surface area contributed by atoms with E-state index in [1.165, 1.54) is 6.92 Å². The summed E-state index contributed by atoms with van der Waals surface area (Å²) >= 11 is 0. The van der Waals surface area contributed by atoms with Gasteiger partial charge in [0.2, 0.25) is 5.82 Å². The van der Waals surface area contributed by atoms with Crippen LogP contribution in [0.25, 0.3) is 0 Å². The van der Waals surface area contributed by atoms with Crippen molar-refractivity contribution < 1.29 is 17.9 Å². The van der Waals surface area contributed by atoms with Crippen LogP contribution in [0.1, 0.15) is 26.3 Å². The molecule has 0 saturated carbocycles. The van der Waals surface area contributed by atoms with Gasteiger partial charge in [0.1, 0.15) is 17.2 Å². The maximum atomic E-state index is 14.5. The molecule has 0 radical (unpaired) electrons. The Labute approximate surface area is 132 Å².